The van der Waals surface area contributed by atoms with Gasteiger partial charge in [0.2, 0.25) is 11.8 Å². The largest absolute Gasteiger partial charge is 0.357 e. The van der Waals surface area contributed by atoms with Crippen LogP contribution in [0.2, 0.25) is 0 Å². The lowest BCUT2D eigenvalue weighted by Crippen LogP contribution is -2.48. The molecule has 1 aliphatic rings. The Balaban J connectivity index is 1.89. The number of aromatic nitrogens is 1. The van der Waals surface area contributed by atoms with Gasteiger partial charge in [-0.15, -0.1) is 0 Å². The third-order valence-electron chi connectivity index (χ3n) is 4.01. The molecule has 0 aliphatic carbocycles. The van der Waals surface area contributed by atoms with Gasteiger partial charge in [0.1, 0.15) is 11.9 Å². The van der Waals surface area contributed by atoms with Crippen LogP contribution in [0.4, 0.5) is 5.82 Å². The van der Waals surface area contributed by atoms with E-state index in [1.807, 2.05) is 26.0 Å². The molecule has 6 nitrogen and oxygen atoms in total. The van der Waals surface area contributed by atoms with Crippen LogP contribution in [0.5, 0.6) is 0 Å². The van der Waals surface area contributed by atoms with Gasteiger partial charge < -0.3 is 15.5 Å². The van der Waals surface area contributed by atoms with Crippen molar-refractivity contribution in [3.05, 3.63) is 23.9 Å². The van der Waals surface area contributed by atoms with E-state index in [9.17, 15) is 9.59 Å². The lowest BCUT2D eigenvalue weighted by molar-refractivity contribution is -0.129. The Kier molecular flexibility index (Phi) is 5.96. The van der Waals surface area contributed by atoms with E-state index in [2.05, 4.69) is 20.5 Å². The molecule has 2 N–H and O–H groups in total. The Bertz CT molecular complexity index is 536. The molecule has 2 rings (SSSR count). The van der Waals surface area contributed by atoms with E-state index >= 15 is 0 Å². The maximum absolute atomic E-state index is 12.2. The smallest absolute Gasteiger partial charge is 0.243 e. The molecule has 1 saturated heterocycles. The molecule has 0 bridgehead atoms. The molecular formula is C17H26N4O2. The average Bonchev–Trinajstić information content (AvgIpc) is 3.04. The molecule has 1 aliphatic heterocycles. The molecule has 0 unspecified atom stereocenters. The third kappa shape index (κ3) is 4.94. The Morgan fingerprint density at radius 2 is 1.96 bits per heavy atom. The highest BCUT2D eigenvalue weighted by Crippen LogP contribution is 2.17. The first-order valence-corrected chi connectivity index (χ1v) is 8.22. The van der Waals surface area contributed by atoms with E-state index in [1.165, 1.54) is 19.8 Å². The zero-order chi connectivity index (χ0) is 16.8. The van der Waals surface area contributed by atoms with Crippen molar-refractivity contribution in [3.63, 3.8) is 0 Å². The summed E-state index contributed by atoms with van der Waals surface area (Å²) in [6, 6.07) is 3.48. The van der Waals surface area contributed by atoms with Crippen LogP contribution in [0.25, 0.3) is 0 Å². The summed E-state index contributed by atoms with van der Waals surface area (Å²) in [5.41, 5.74) is 0.951. The van der Waals surface area contributed by atoms with E-state index in [1.54, 1.807) is 6.20 Å². The first kappa shape index (κ1) is 17.2. The Morgan fingerprint density at radius 3 is 2.48 bits per heavy atom. The van der Waals surface area contributed by atoms with Crippen molar-refractivity contribution in [1.82, 2.24) is 15.6 Å². The van der Waals surface area contributed by atoms with Crippen molar-refractivity contribution in [3.8, 4) is 0 Å². The van der Waals surface area contributed by atoms with E-state index in [-0.39, 0.29) is 17.7 Å². The monoisotopic (exact) mass is 318 g/mol. The molecule has 2 heterocycles. The van der Waals surface area contributed by atoms with Crippen molar-refractivity contribution in [2.24, 2.45) is 5.92 Å². The maximum atomic E-state index is 12.2. The average molecular weight is 318 g/mol. The fourth-order valence-electron chi connectivity index (χ4n) is 2.71. The summed E-state index contributed by atoms with van der Waals surface area (Å²) in [5.74, 6) is 0.666. The third-order valence-corrected chi connectivity index (χ3v) is 4.01. The summed E-state index contributed by atoms with van der Waals surface area (Å²) >= 11 is 0. The van der Waals surface area contributed by atoms with E-state index in [4.69, 9.17) is 0 Å². The molecule has 0 radical (unpaired) electrons. The number of pyridine rings is 1. The zero-order valence-corrected chi connectivity index (χ0v) is 14.1. The second-order valence-electron chi connectivity index (χ2n) is 6.36. The lowest BCUT2D eigenvalue weighted by atomic mass is 10.0. The number of carbonyl (C=O) groups excluding carboxylic acids is 2. The standard InChI is InChI=1S/C17H26N4O2/c1-12(2)16(20-13(3)22)17(23)19-11-14-6-7-15(18-10-14)21-8-4-5-9-21/h6-7,10,12,16H,4-5,8-9,11H2,1-3H3,(H,19,23)(H,20,22)/t16-/m0/s1. The molecular weight excluding hydrogens is 292 g/mol. The highest BCUT2D eigenvalue weighted by molar-refractivity contribution is 5.87. The zero-order valence-electron chi connectivity index (χ0n) is 14.1. The predicted octanol–water partition coefficient (Wildman–Crippen LogP) is 1.46. The second kappa shape index (κ2) is 7.94. The highest BCUT2D eigenvalue weighted by Gasteiger charge is 2.22. The summed E-state index contributed by atoms with van der Waals surface area (Å²) in [6.45, 7) is 7.78. The highest BCUT2D eigenvalue weighted by atomic mass is 16.2. The minimum absolute atomic E-state index is 0.0366. The number of anilines is 1. The number of nitrogens with one attached hydrogen (secondary N) is 2. The van der Waals surface area contributed by atoms with Crippen LogP contribution in [-0.2, 0) is 16.1 Å². The van der Waals surface area contributed by atoms with Crippen LogP contribution >= 0.6 is 0 Å². The van der Waals surface area contributed by atoms with Crippen molar-refractivity contribution >= 4 is 17.6 Å². The molecule has 2 amide bonds. The summed E-state index contributed by atoms with van der Waals surface area (Å²) < 4.78 is 0. The predicted molar refractivity (Wildman–Crippen MR) is 90.0 cm³/mol. The topological polar surface area (TPSA) is 74.3 Å². The summed E-state index contributed by atoms with van der Waals surface area (Å²) in [7, 11) is 0. The molecule has 6 heteroatoms. The van der Waals surface area contributed by atoms with E-state index < -0.39 is 6.04 Å². The Labute approximate surface area is 137 Å². The van der Waals surface area contributed by atoms with Gasteiger partial charge >= 0.3 is 0 Å². The molecule has 0 spiro atoms. The van der Waals surface area contributed by atoms with Crippen LogP contribution in [-0.4, -0.2) is 35.9 Å². The van der Waals surface area contributed by atoms with Gasteiger partial charge in [-0.25, -0.2) is 4.98 Å². The van der Waals surface area contributed by atoms with Crippen molar-refractivity contribution in [1.29, 1.82) is 0 Å². The fourth-order valence-corrected chi connectivity index (χ4v) is 2.71. The van der Waals surface area contributed by atoms with Gasteiger partial charge in [0.25, 0.3) is 0 Å². The van der Waals surface area contributed by atoms with Gasteiger partial charge in [0.05, 0.1) is 0 Å². The van der Waals surface area contributed by atoms with Crippen LogP contribution in [0.3, 0.4) is 0 Å². The number of nitrogens with zero attached hydrogens (tertiary/aromatic N) is 2. The first-order chi connectivity index (χ1) is 11.0. The molecule has 0 aromatic carbocycles. The second-order valence-corrected chi connectivity index (χ2v) is 6.36. The van der Waals surface area contributed by atoms with Gasteiger partial charge in [-0.05, 0) is 30.4 Å². The number of hydrogen-bond donors (Lipinski definition) is 2. The minimum Gasteiger partial charge on any atom is -0.357 e. The minimum atomic E-state index is -0.510. The van der Waals surface area contributed by atoms with Crippen LogP contribution < -0.4 is 15.5 Å². The Morgan fingerprint density at radius 1 is 1.26 bits per heavy atom. The quantitative estimate of drug-likeness (QED) is 0.833. The number of rotatable bonds is 6. The summed E-state index contributed by atoms with van der Waals surface area (Å²) in [4.78, 5) is 30.2. The van der Waals surface area contributed by atoms with Gasteiger partial charge in [0, 0.05) is 32.8 Å². The fraction of sp³-hybridized carbons (Fsp3) is 0.588. The lowest BCUT2D eigenvalue weighted by Gasteiger charge is -2.21. The van der Waals surface area contributed by atoms with Gasteiger partial charge in [0.15, 0.2) is 0 Å². The van der Waals surface area contributed by atoms with Crippen molar-refractivity contribution < 1.29 is 9.59 Å². The normalized spacial score (nSPS) is 15.6. The summed E-state index contributed by atoms with van der Waals surface area (Å²) in [5, 5.41) is 5.56. The molecule has 126 valence electrons. The maximum Gasteiger partial charge on any atom is 0.243 e. The number of amides is 2. The van der Waals surface area contributed by atoms with Gasteiger partial charge in [-0.3, -0.25) is 9.59 Å². The van der Waals surface area contributed by atoms with Crippen LogP contribution in [0.15, 0.2) is 18.3 Å². The molecule has 1 fully saturated rings. The molecule has 1 aromatic rings. The molecule has 23 heavy (non-hydrogen) atoms. The SMILES string of the molecule is CC(=O)N[C@H](C(=O)NCc1ccc(N2CCCC2)nc1)C(C)C. The van der Waals surface area contributed by atoms with Gasteiger partial charge in [-0.2, -0.15) is 0 Å². The van der Waals surface area contributed by atoms with Gasteiger partial charge in [-0.1, -0.05) is 19.9 Å². The first-order valence-electron chi connectivity index (χ1n) is 8.22. The summed E-state index contributed by atoms with van der Waals surface area (Å²) in [6.07, 6.45) is 4.25. The Hall–Kier alpha value is -2.11. The van der Waals surface area contributed by atoms with Crippen molar-refractivity contribution in [2.45, 2.75) is 46.2 Å². The van der Waals surface area contributed by atoms with E-state index in [0.29, 0.717) is 6.54 Å². The molecule has 1 aromatic heterocycles. The number of carbonyl (C=O) groups is 2. The van der Waals surface area contributed by atoms with E-state index in [0.717, 1.165) is 24.5 Å². The van der Waals surface area contributed by atoms with Crippen LogP contribution in [0.1, 0.15) is 39.2 Å². The molecule has 0 saturated carbocycles. The van der Waals surface area contributed by atoms with Crippen LogP contribution in [0, 0.1) is 5.92 Å². The van der Waals surface area contributed by atoms with Crippen molar-refractivity contribution in [2.75, 3.05) is 18.0 Å². The molecule has 1 atom stereocenters. The number of hydrogen-bond acceptors (Lipinski definition) is 4.